The van der Waals surface area contributed by atoms with Gasteiger partial charge in [-0.1, -0.05) is 0 Å². The maximum atomic E-state index is 12.1. The Morgan fingerprint density at radius 3 is 2.35 bits per heavy atom. The monoisotopic (exact) mass is 285 g/mol. The summed E-state index contributed by atoms with van der Waals surface area (Å²) in [6.07, 6.45) is 1.67. The van der Waals surface area contributed by atoms with Crippen molar-refractivity contribution in [2.45, 2.75) is 11.4 Å². The van der Waals surface area contributed by atoms with Gasteiger partial charge in [0.1, 0.15) is 11.8 Å². The average molecular weight is 285 g/mol. The summed E-state index contributed by atoms with van der Waals surface area (Å²) in [4.78, 5) is 0.183. The molecule has 20 heavy (non-hydrogen) atoms. The highest BCUT2D eigenvalue weighted by Crippen LogP contribution is 2.13. The van der Waals surface area contributed by atoms with E-state index < -0.39 is 9.84 Å². The molecule has 100 valence electrons. The molecule has 0 atom stereocenters. The minimum Gasteiger partial charge on any atom is -0.338 e. The van der Waals surface area contributed by atoms with Crippen LogP contribution >= 0.6 is 0 Å². The second-order valence-electron chi connectivity index (χ2n) is 4.15. The number of hydrogen-bond acceptors (Lipinski definition) is 4. The first kappa shape index (κ1) is 13.9. The smallest absolute Gasteiger partial charge is 0.180 e. The van der Waals surface area contributed by atoms with E-state index in [1.54, 1.807) is 22.9 Å². The van der Waals surface area contributed by atoms with E-state index in [4.69, 9.17) is 10.5 Å². The lowest BCUT2D eigenvalue weighted by molar-refractivity contribution is 0.588. The molecular formula is C14H11N3O2S. The molecule has 0 bridgehead atoms. The number of hydrogen-bond donors (Lipinski definition) is 0. The average Bonchev–Trinajstić information content (AvgIpc) is 2.93. The molecule has 0 unspecified atom stereocenters. The Balaban J connectivity index is 2.15. The van der Waals surface area contributed by atoms with Gasteiger partial charge in [-0.2, -0.15) is 10.5 Å². The maximum Gasteiger partial charge on any atom is 0.180 e. The Morgan fingerprint density at radius 2 is 1.75 bits per heavy atom. The van der Waals surface area contributed by atoms with Gasteiger partial charge in [-0.15, -0.1) is 0 Å². The third-order valence-electron chi connectivity index (χ3n) is 2.89. The van der Waals surface area contributed by atoms with Gasteiger partial charge in [0, 0.05) is 12.7 Å². The van der Waals surface area contributed by atoms with E-state index in [9.17, 15) is 8.42 Å². The van der Waals surface area contributed by atoms with E-state index in [0.29, 0.717) is 11.3 Å². The highest BCUT2D eigenvalue weighted by Gasteiger charge is 2.15. The van der Waals surface area contributed by atoms with Crippen LogP contribution in [-0.4, -0.2) is 18.7 Å². The third kappa shape index (κ3) is 2.87. The number of nitriles is 2. The fraction of sp³-hybridized carbons (Fsp3) is 0.143. The Bertz CT molecular complexity index is 790. The summed E-state index contributed by atoms with van der Waals surface area (Å²) in [5, 5.41) is 17.5. The van der Waals surface area contributed by atoms with Gasteiger partial charge < -0.3 is 4.57 Å². The van der Waals surface area contributed by atoms with Crippen molar-refractivity contribution in [3.05, 3.63) is 53.9 Å². The lowest BCUT2D eigenvalue weighted by atomic mass is 10.2. The van der Waals surface area contributed by atoms with Crippen LogP contribution in [0, 0.1) is 22.7 Å². The van der Waals surface area contributed by atoms with Gasteiger partial charge in [0.15, 0.2) is 9.84 Å². The van der Waals surface area contributed by atoms with Crippen molar-refractivity contribution in [3.63, 3.8) is 0 Å². The van der Waals surface area contributed by atoms with Crippen LogP contribution in [0.5, 0.6) is 0 Å². The van der Waals surface area contributed by atoms with E-state index in [1.165, 1.54) is 24.3 Å². The van der Waals surface area contributed by atoms with E-state index >= 15 is 0 Å². The van der Waals surface area contributed by atoms with E-state index in [0.717, 1.165) is 0 Å². The highest BCUT2D eigenvalue weighted by atomic mass is 32.2. The Labute approximate surface area is 117 Å². The van der Waals surface area contributed by atoms with Gasteiger partial charge in [0.2, 0.25) is 0 Å². The second kappa shape index (κ2) is 5.60. The first-order valence-corrected chi connectivity index (χ1v) is 7.50. The van der Waals surface area contributed by atoms with Gasteiger partial charge in [-0.05, 0) is 36.4 Å². The number of rotatable bonds is 4. The maximum absolute atomic E-state index is 12.1. The first-order valence-electron chi connectivity index (χ1n) is 5.85. The summed E-state index contributed by atoms with van der Waals surface area (Å²) >= 11 is 0. The molecule has 1 heterocycles. The zero-order valence-electron chi connectivity index (χ0n) is 10.5. The molecule has 5 nitrogen and oxygen atoms in total. The minimum atomic E-state index is -3.43. The summed E-state index contributed by atoms with van der Waals surface area (Å²) in [5.41, 5.74) is 0.848. The van der Waals surface area contributed by atoms with Crippen LogP contribution < -0.4 is 0 Å². The predicted molar refractivity (Wildman–Crippen MR) is 72.4 cm³/mol. The van der Waals surface area contributed by atoms with E-state index in [-0.39, 0.29) is 17.2 Å². The molecule has 2 rings (SSSR count). The number of aromatic nitrogens is 1. The summed E-state index contributed by atoms with van der Waals surface area (Å²) in [6, 6.07) is 13.1. The molecule has 1 aromatic carbocycles. The van der Waals surface area contributed by atoms with Crippen LogP contribution in [0.4, 0.5) is 0 Å². The first-order chi connectivity index (χ1) is 9.56. The molecule has 0 N–H and O–H groups in total. The van der Waals surface area contributed by atoms with Crippen molar-refractivity contribution >= 4 is 9.84 Å². The van der Waals surface area contributed by atoms with Gasteiger partial charge in [-0.25, -0.2) is 8.42 Å². The summed E-state index contributed by atoms with van der Waals surface area (Å²) in [7, 11) is -3.43. The van der Waals surface area contributed by atoms with Crippen molar-refractivity contribution in [2.75, 3.05) is 5.75 Å². The van der Waals surface area contributed by atoms with Crippen molar-refractivity contribution in [1.82, 2.24) is 4.57 Å². The van der Waals surface area contributed by atoms with Gasteiger partial charge in [-0.3, -0.25) is 0 Å². The quantitative estimate of drug-likeness (QED) is 0.855. The molecule has 6 heteroatoms. The van der Waals surface area contributed by atoms with Gasteiger partial charge in [0.05, 0.1) is 22.3 Å². The lowest BCUT2D eigenvalue weighted by Crippen LogP contribution is -2.13. The molecule has 0 spiro atoms. The zero-order valence-corrected chi connectivity index (χ0v) is 11.3. The Kier molecular flexibility index (Phi) is 3.88. The molecule has 1 aromatic heterocycles. The molecule has 0 amide bonds. The van der Waals surface area contributed by atoms with Crippen LogP contribution in [0.3, 0.4) is 0 Å². The molecule has 0 aliphatic rings. The summed E-state index contributed by atoms with van der Waals surface area (Å²) in [6.45, 7) is 0.220. The van der Waals surface area contributed by atoms with Crippen molar-refractivity contribution in [2.24, 2.45) is 0 Å². The molecule has 0 saturated carbocycles. The predicted octanol–water partition coefficient (Wildman–Crippen LogP) is 1.71. The molecule has 0 aliphatic carbocycles. The van der Waals surface area contributed by atoms with E-state index in [2.05, 4.69) is 0 Å². The Hall–Kier alpha value is -2.57. The normalized spacial score (nSPS) is 10.7. The van der Waals surface area contributed by atoms with Crippen molar-refractivity contribution < 1.29 is 8.42 Å². The Morgan fingerprint density at radius 1 is 1.05 bits per heavy atom. The number of benzene rings is 1. The van der Waals surface area contributed by atoms with Crippen LogP contribution in [0.1, 0.15) is 11.3 Å². The fourth-order valence-corrected chi connectivity index (χ4v) is 3.01. The summed E-state index contributed by atoms with van der Waals surface area (Å²) < 4.78 is 25.9. The van der Waals surface area contributed by atoms with Crippen LogP contribution in [0.15, 0.2) is 47.5 Å². The highest BCUT2D eigenvalue weighted by molar-refractivity contribution is 7.91. The molecule has 2 aromatic rings. The molecule has 0 aliphatic heterocycles. The molecule has 0 radical (unpaired) electrons. The standard InChI is InChI=1S/C14H11N3O2S/c15-10-12-3-5-14(6-4-12)20(18,19)9-8-17-7-1-2-13(17)11-16/h1-7H,8-9H2. The van der Waals surface area contributed by atoms with Crippen molar-refractivity contribution in [1.29, 1.82) is 10.5 Å². The number of sulfone groups is 1. The van der Waals surface area contributed by atoms with Crippen LogP contribution in [0.25, 0.3) is 0 Å². The fourth-order valence-electron chi connectivity index (χ4n) is 1.78. The second-order valence-corrected chi connectivity index (χ2v) is 6.26. The molecule has 0 fully saturated rings. The van der Waals surface area contributed by atoms with Gasteiger partial charge >= 0.3 is 0 Å². The number of nitrogens with zero attached hydrogens (tertiary/aromatic N) is 3. The van der Waals surface area contributed by atoms with Crippen LogP contribution in [-0.2, 0) is 16.4 Å². The topological polar surface area (TPSA) is 86.7 Å². The minimum absolute atomic E-state index is 0.0950. The lowest BCUT2D eigenvalue weighted by Gasteiger charge is -2.06. The summed E-state index contributed by atoms with van der Waals surface area (Å²) in [5.74, 6) is -0.0950. The van der Waals surface area contributed by atoms with Gasteiger partial charge in [0.25, 0.3) is 0 Å². The molecular weight excluding hydrogens is 274 g/mol. The van der Waals surface area contributed by atoms with Crippen molar-refractivity contribution in [3.8, 4) is 12.1 Å². The zero-order chi connectivity index (χ0) is 14.6. The third-order valence-corrected chi connectivity index (χ3v) is 4.60. The largest absolute Gasteiger partial charge is 0.338 e. The SMILES string of the molecule is N#Cc1ccc(S(=O)(=O)CCn2cccc2C#N)cc1. The van der Waals surface area contributed by atoms with Crippen LogP contribution in [0.2, 0.25) is 0 Å². The van der Waals surface area contributed by atoms with E-state index in [1.807, 2.05) is 12.1 Å². The molecule has 0 saturated heterocycles. The number of aryl methyl sites for hydroxylation is 1.